The summed E-state index contributed by atoms with van der Waals surface area (Å²) >= 11 is 0. The number of fused-ring (bicyclic) bond motifs is 2. The molecule has 0 fully saturated rings. The van der Waals surface area contributed by atoms with Crippen LogP contribution in [0.3, 0.4) is 0 Å². The number of hydrogen-bond acceptors (Lipinski definition) is 2. The Morgan fingerprint density at radius 2 is 1.77 bits per heavy atom. The first-order valence-electron chi connectivity index (χ1n) is 8.37. The van der Waals surface area contributed by atoms with E-state index < -0.39 is 0 Å². The number of aromatic amines is 1. The minimum atomic E-state index is -0.255. The van der Waals surface area contributed by atoms with Crippen molar-refractivity contribution in [2.24, 2.45) is 0 Å². The molecule has 0 radical (unpaired) electrons. The largest absolute Gasteiger partial charge is 0.299 e. The number of hydrogen-bond donors (Lipinski definition) is 1. The van der Waals surface area contributed by atoms with Crippen molar-refractivity contribution in [3.8, 4) is 22.5 Å². The zero-order valence-electron chi connectivity index (χ0n) is 14.1. The highest BCUT2D eigenvalue weighted by molar-refractivity contribution is 5.88. The van der Waals surface area contributed by atoms with Crippen LogP contribution in [-0.2, 0) is 0 Å². The summed E-state index contributed by atoms with van der Waals surface area (Å²) in [4.78, 5) is 4.83. The molecule has 0 aliphatic rings. The van der Waals surface area contributed by atoms with Crippen LogP contribution in [0.4, 0.5) is 4.39 Å². The SMILES string of the molecule is Cc1ccn2c(-c3ccc4[nH]ncc4c3)c(-c3ccc(F)cc3)nc2c1. The van der Waals surface area contributed by atoms with Crippen LogP contribution in [0.25, 0.3) is 39.1 Å². The molecule has 0 bridgehead atoms. The second-order valence-corrected chi connectivity index (χ2v) is 6.42. The number of imidazole rings is 1. The number of rotatable bonds is 2. The topological polar surface area (TPSA) is 46.0 Å². The lowest BCUT2D eigenvalue weighted by Crippen LogP contribution is -1.90. The summed E-state index contributed by atoms with van der Waals surface area (Å²) < 4.78 is 15.5. The van der Waals surface area contributed by atoms with Gasteiger partial charge in [-0.1, -0.05) is 6.07 Å². The van der Waals surface area contributed by atoms with Gasteiger partial charge in [-0.25, -0.2) is 9.37 Å². The van der Waals surface area contributed by atoms with Crippen molar-refractivity contribution in [2.75, 3.05) is 0 Å². The van der Waals surface area contributed by atoms with Crippen LogP contribution in [-0.4, -0.2) is 19.6 Å². The molecule has 3 heterocycles. The first-order valence-corrected chi connectivity index (χ1v) is 8.37. The lowest BCUT2D eigenvalue weighted by atomic mass is 10.0. The van der Waals surface area contributed by atoms with E-state index in [0.29, 0.717) is 0 Å². The Morgan fingerprint density at radius 1 is 0.962 bits per heavy atom. The minimum absolute atomic E-state index is 0.255. The molecule has 0 atom stereocenters. The van der Waals surface area contributed by atoms with Crippen molar-refractivity contribution in [1.82, 2.24) is 19.6 Å². The monoisotopic (exact) mass is 342 g/mol. The molecule has 5 rings (SSSR count). The Balaban J connectivity index is 1.83. The van der Waals surface area contributed by atoms with Crippen molar-refractivity contribution in [3.63, 3.8) is 0 Å². The molecule has 0 aliphatic carbocycles. The van der Waals surface area contributed by atoms with Gasteiger partial charge in [-0.3, -0.25) is 9.50 Å². The first-order chi connectivity index (χ1) is 12.7. The predicted molar refractivity (Wildman–Crippen MR) is 100 cm³/mol. The van der Waals surface area contributed by atoms with Crippen LogP contribution in [0.1, 0.15) is 5.56 Å². The van der Waals surface area contributed by atoms with Gasteiger partial charge in [0.05, 0.1) is 23.1 Å². The molecule has 0 amide bonds. The van der Waals surface area contributed by atoms with Gasteiger partial charge in [0, 0.05) is 22.7 Å². The van der Waals surface area contributed by atoms with Gasteiger partial charge in [0.2, 0.25) is 0 Å². The minimum Gasteiger partial charge on any atom is -0.299 e. The van der Waals surface area contributed by atoms with E-state index in [1.807, 2.05) is 31.5 Å². The summed E-state index contributed by atoms with van der Waals surface area (Å²) in [5.74, 6) is -0.255. The maximum absolute atomic E-state index is 13.4. The Bertz CT molecular complexity index is 1250. The van der Waals surface area contributed by atoms with Crippen molar-refractivity contribution in [1.29, 1.82) is 0 Å². The second kappa shape index (κ2) is 5.52. The van der Waals surface area contributed by atoms with Gasteiger partial charge in [-0.2, -0.15) is 5.10 Å². The number of aromatic nitrogens is 4. The van der Waals surface area contributed by atoms with E-state index in [1.54, 1.807) is 12.1 Å². The van der Waals surface area contributed by atoms with E-state index in [0.717, 1.165) is 44.6 Å². The lowest BCUT2D eigenvalue weighted by Gasteiger charge is -2.06. The van der Waals surface area contributed by atoms with Crippen molar-refractivity contribution >= 4 is 16.6 Å². The molecule has 126 valence electrons. The zero-order chi connectivity index (χ0) is 17.7. The summed E-state index contributed by atoms with van der Waals surface area (Å²) in [6.45, 7) is 2.05. The Morgan fingerprint density at radius 3 is 2.62 bits per heavy atom. The lowest BCUT2D eigenvalue weighted by molar-refractivity contribution is 0.628. The fourth-order valence-corrected chi connectivity index (χ4v) is 3.32. The smallest absolute Gasteiger partial charge is 0.138 e. The van der Waals surface area contributed by atoms with Gasteiger partial charge < -0.3 is 0 Å². The number of H-pyrrole nitrogens is 1. The maximum atomic E-state index is 13.4. The number of pyridine rings is 1. The molecular formula is C21H15FN4. The molecule has 1 N–H and O–H groups in total. The average Bonchev–Trinajstić information content (AvgIpc) is 3.25. The van der Waals surface area contributed by atoms with Crippen molar-refractivity contribution in [2.45, 2.75) is 6.92 Å². The maximum Gasteiger partial charge on any atom is 0.138 e. The van der Waals surface area contributed by atoms with Crippen molar-refractivity contribution < 1.29 is 4.39 Å². The van der Waals surface area contributed by atoms with Crippen LogP contribution in [0, 0.1) is 12.7 Å². The molecule has 5 heteroatoms. The van der Waals surface area contributed by atoms with E-state index in [-0.39, 0.29) is 5.82 Å². The number of nitrogens with one attached hydrogen (secondary N) is 1. The quantitative estimate of drug-likeness (QED) is 0.491. The fourth-order valence-electron chi connectivity index (χ4n) is 3.32. The van der Waals surface area contributed by atoms with Crippen molar-refractivity contribution in [3.05, 3.63) is 78.4 Å². The molecule has 3 aromatic heterocycles. The Kier molecular flexibility index (Phi) is 3.15. The number of aryl methyl sites for hydroxylation is 1. The van der Waals surface area contributed by atoms with Gasteiger partial charge in [0.15, 0.2) is 0 Å². The zero-order valence-corrected chi connectivity index (χ0v) is 14.1. The highest BCUT2D eigenvalue weighted by Gasteiger charge is 2.16. The third-order valence-electron chi connectivity index (χ3n) is 4.61. The molecule has 0 spiro atoms. The molecular weight excluding hydrogens is 327 g/mol. The predicted octanol–water partition coefficient (Wildman–Crippen LogP) is 4.99. The van der Waals surface area contributed by atoms with Gasteiger partial charge in [0.25, 0.3) is 0 Å². The van der Waals surface area contributed by atoms with Crippen LogP contribution in [0.5, 0.6) is 0 Å². The van der Waals surface area contributed by atoms with E-state index in [4.69, 9.17) is 4.98 Å². The van der Waals surface area contributed by atoms with Crippen LogP contribution >= 0.6 is 0 Å². The number of halogens is 1. The van der Waals surface area contributed by atoms with Gasteiger partial charge in [0.1, 0.15) is 11.5 Å². The Hall–Kier alpha value is -3.47. The molecule has 0 unspecified atom stereocenters. The molecule has 0 saturated carbocycles. The van der Waals surface area contributed by atoms with E-state index in [2.05, 4.69) is 32.8 Å². The Labute approximate surface area is 148 Å². The molecule has 4 nitrogen and oxygen atoms in total. The van der Waals surface area contributed by atoms with Gasteiger partial charge in [-0.05, 0) is 61.0 Å². The number of benzene rings is 2. The first kappa shape index (κ1) is 14.8. The molecule has 0 saturated heterocycles. The summed E-state index contributed by atoms with van der Waals surface area (Å²) in [6.07, 6.45) is 3.84. The van der Waals surface area contributed by atoms with Crippen LogP contribution in [0.15, 0.2) is 67.0 Å². The summed E-state index contributed by atoms with van der Waals surface area (Å²) in [7, 11) is 0. The summed E-state index contributed by atoms with van der Waals surface area (Å²) in [5, 5.41) is 8.11. The highest BCUT2D eigenvalue weighted by atomic mass is 19.1. The average molecular weight is 342 g/mol. The summed E-state index contributed by atoms with van der Waals surface area (Å²) in [5.41, 5.74) is 6.73. The molecule has 0 aliphatic heterocycles. The van der Waals surface area contributed by atoms with Gasteiger partial charge >= 0.3 is 0 Å². The molecule has 2 aromatic carbocycles. The number of nitrogens with zero attached hydrogens (tertiary/aromatic N) is 3. The third kappa shape index (κ3) is 2.29. The molecule has 5 aromatic rings. The normalized spacial score (nSPS) is 11.5. The van der Waals surface area contributed by atoms with E-state index in [9.17, 15) is 4.39 Å². The summed E-state index contributed by atoms with van der Waals surface area (Å²) in [6, 6.07) is 16.7. The third-order valence-corrected chi connectivity index (χ3v) is 4.61. The second-order valence-electron chi connectivity index (χ2n) is 6.42. The highest BCUT2D eigenvalue weighted by Crippen LogP contribution is 2.34. The van der Waals surface area contributed by atoms with E-state index >= 15 is 0 Å². The standard InChI is InChI=1S/C21H15FN4/c1-13-8-9-26-19(10-13)24-20(14-2-5-17(22)6-3-14)21(26)15-4-7-18-16(11-15)12-23-25-18/h2-12H,1H3,(H,23,25). The van der Waals surface area contributed by atoms with Gasteiger partial charge in [-0.15, -0.1) is 0 Å². The fraction of sp³-hybridized carbons (Fsp3) is 0.0476. The molecule has 26 heavy (non-hydrogen) atoms. The van der Waals surface area contributed by atoms with Crippen LogP contribution < -0.4 is 0 Å². The van der Waals surface area contributed by atoms with E-state index in [1.165, 1.54) is 12.1 Å². The van der Waals surface area contributed by atoms with Crippen LogP contribution in [0.2, 0.25) is 0 Å².